The van der Waals surface area contributed by atoms with Gasteiger partial charge in [-0.1, -0.05) is 10.3 Å². The number of fused-ring (bicyclic) bond motifs is 1. The molecule has 26 heavy (non-hydrogen) atoms. The Morgan fingerprint density at radius 2 is 2.08 bits per heavy atom. The van der Waals surface area contributed by atoms with Gasteiger partial charge in [0.05, 0.1) is 11.7 Å². The molecule has 2 aliphatic rings. The van der Waals surface area contributed by atoms with Crippen molar-refractivity contribution in [3.63, 3.8) is 0 Å². The number of carbonyl (C=O) groups excluding carboxylic acids is 1. The van der Waals surface area contributed by atoms with Crippen LogP contribution in [0.1, 0.15) is 66.7 Å². The van der Waals surface area contributed by atoms with E-state index in [0.717, 1.165) is 62.5 Å². The van der Waals surface area contributed by atoms with E-state index in [0.29, 0.717) is 11.7 Å². The first-order valence-corrected chi connectivity index (χ1v) is 9.45. The Bertz CT molecular complexity index is 795. The lowest BCUT2D eigenvalue weighted by Crippen LogP contribution is -2.31. The molecule has 1 fully saturated rings. The zero-order valence-electron chi connectivity index (χ0n) is 15.7. The molecule has 8 nitrogen and oxygen atoms in total. The lowest BCUT2D eigenvalue weighted by molar-refractivity contribution is 0.0723. The SMILES string of the molecule is Cc1nonc1[C@@H]1CCCN1C(=O)c1cc2n(n1)CCCN(C(C)C)C2. The minimum atomic E-state index is -0.0672. The average Bonchev–Trinajstić information content (AvgIpc) is 3.31. The van der Waals surface area contributed by atoms with Crippen molar-refractivity contribution in [3.05, 3.63) is 28.8 Å². The summed E-state index contributed by atoms with van der Waals surface area (Å²) < 4.78 is 6.85. The standard InChI is InChI=1S/C18H26N6O2/c1-12(2)22-7-5-9-24-14(11-22)10-15(19-24)18(25)23-8-4-6-16(23)17-13(3)20-26-21-17/h10,12,16H,4-9,11H2,1-3H3/t16-/m0/s1. The Morgan fingerprint density at radius 1 is 1.23 bits per heavy atom. The number of amides is 1. The highest BCUT2D eigenvalue weighted by molar-refractivity contribution is 5.93. The van der Waals surface area contributed by atoms with Gasteiger partial charge in [-0.3, -0.25) is 14.4 Å². The van der Waals surface area contributed by atoms with Crippen LogP contribution in [-0.2, 0) is 13.1 Å². The monoisotopic (exact) mass is 358 g/mol. The van der Waals surface area contributed by atoms with Crippen LogP contribution in [0.25, 0.3) is 0 Å². The molecule has 1 atom stereocenters. The Balaban J connectivity index is 1.57. The van der Waals surface area contributed by atoms with Gasteiger partial charge < -0.3 is 4.90 Å². The van der Waals surface area contributed by atoms with E-state index in [-0.39, 0.29) is 11.9 Å². The summed E-state index contributed by atoms with van der Waals surface area (Å²) in [6.07, 6.45) is 2.89. The maximum Gasteiger partial charge on any atom is 0.274 e. The predicted octanol–water partition coefficient (Wildman–Crippen LogP) is 2.17. The number of nitrogens with zero attached hydrogens (tertiary/aromatic N) is 6. The van der Waals surface area contributed by atoms with E-state index in [1.807, 2.05) is 22.6 Å². The second kappa shape index (κ2) is 6.83. The second-order valence-corrected chi connectivity index (χ2v) is 7.55. The van der Waals surface area contributed by atoms with Gasteiger partial charge in [0.1, 0.15) is 11.4 Å². The number of carbonyl (C=O) groups is 1. The molecule has 2 aromatic rings. The molecule has 0 bridgehead atoms. The van der Waals surface area contributed by atoms with E-state index in [1.165, 1.54) is 0 Å². The van der Waals surface area contributed by atoms with Crippen LogP contribution in [-0.4, -0.2) is 54.9 Å². The van der Waals surface area contributed by atoms with E-state index in [2.05, 4.69) is 34.2 Å². The van der Waals surface area contributed by atoms with Gasteiger partial charge in [0.15, 0.2) is 5.69 Å². The summed E-state index contributed by atoms with van der Waals surface area (Å²) >= 11 is 0. The van der Waals surface area contributed by atoms with Crippen molar-refractivity contribution in [2.75, 3.05) is 13.1 Å². The lowest BCUT2D eigenvalue weighted by atomic mass is 10.1. The largest absolute Gasteiger partial charge is 0.328 e. The highest BCUT2D eigenvalue weighted by Crippen LogP contribution is 2.33. The van der Waals surface area contributed by atoms with Crippen LogP contribution in [0.3, 0.4) is 0 Å². The number of aryl methyl sites for hydroxylation is 2. The number of aromatic nitrogens is 4. The van der Waals surface area contributed by atoms with Crippen LogP contribution in [0.2, 0.25) is 0 Å². The Kier molecular flexibility index (Phi) is 4.52. The number of likely N-dealkylation sites (tertiary alicyclic amines) is 1. The smallest absolute Gasteiger partial charge is 0.274 e. The summed E-state index contributed by atoms with van der Waals surface area (Å²) in [5.74, 6) is -0.0217. The second-order valence-electron chi connectivity index (χ2n) is 7.55. The number of hydrogen-bond donors (Lipinski definition) is 0. The molecule has 4 heterocycles. The van der Waals surface area contributed by atoms with E-state index in [4.69, 9.17) is 4.63 Å². The Labute approximate surface area is 153 Å². The minimum Gasteiger partial charge on any atom is -0.328 e. The molecule has 2 aliphatic heterocycles. The minimum absolute atomic E-state index is 0.0217. The maximum absolute atomic E-state index is 13.1. The third-order valence-electron chi connectivity index (χ3n) is 5.51. The summed E-state index contributed by atoms with van der Waals surface area (Å²) in [5, 5.41) is 12.5. The van der Waals surface area contributed by atoms with Crippen molar-refractivity contribution in [3.8, 4) is 0 Å². The highest BCUT2D eigenvalue weighted by atomic mass is 16.6. The number of rotatable bonds is 3. The zero-order valence-corrected chi connectivity index (χ0v) is 15.7. The van der Waals surface area contributed by atoms with Crippen molar-refractivity contribution in [2.24, 2.45) is 0 Å². The summed E-state index contributed by atoms with van der Waals surface area (Å²) in [5.41, 5.74) is 3.17. The Hall–Kier alpha value is -2.22. The normalized spacial score (nSPS) is 21.2. The molecule has 8 heteroatoms. The van der Waals surface area contributed by atoms with Gasteiger partial charge in [0.2, 0.25) is 0 Å². The van der Waals surface area contributed by atoms with Crippen LogP contribution in [0.4, 0.5) is 0 Å². The molecule has 0 aromatic carbocycles. The molecule has 1 amide bonds. The van der Waals surface area contributed by atoms with Crippen LogP contribution >= 0.6 is 0 Å². The molecule has 0 aliphatic carbocycles. The quantitative estimate of drug-likeness (QED) is 0.836. The van der Waals surface area contributed by atoms with Gasteiger partial charge >= 0.3 is 0 Å². The maximum atomic E-state index is 13.1. The molecule has 2 aromatic heterocycles. The fourth-order valence-corrected chi connectivity index (χ4v) is 4.01. The van der Waals surface area contributed by atoms with Crippen molar-refractivity contribution < 1.29 is 9.42 Å². The zero-order chi connectivity index (χ0) is 18.3. The van der Waals surface area contributed by atoms with Gasteiger partial charge in [0.25, 0.3) is 5.91 Å². The van der Waals surface area contributed by atoms with Gasteiger partial charge in [-0.05, 0) is 46.1 Å². The summed E-state index contributed by atoms with van der Waals surface area (Å²) in [7, 11) is 0. The first-order valence-electron chi connectivity index (χ1n) is 9.45. The molecule has 0 N–H and O–H groups in total. The fraction of sp³-hybridized carbons (Fsp3) is 0.667. The molecule has 0 unspecified atom stereocenters. The van der Waals surface area contributed by atoms with E-state index in [9.17, 15) is 4.79 Å². The van der Waals surface area contributed by atoms with Crippen LogP contribution in [0.15, 0.2) is 10.7 Å². The summed E-state index contributed by atoms with van der Waals surface area (Å²) in [6.45, 7) is 9.77. The molecule has 0 saturated carbocycles. The van der Waals surface area contributed by atoms with Crippen LogP contribution < -0.4 is 0 Å². The average molecular weight is 358 g/mol. The summed E-state index contributed by atoms with van der Waals surface area (Å²) in [6, 6.07) is 2.38. The molecule has 0 spiro atoms. The molecular weight excluding hydrogens is 332 g/mol. The fourth-order valence-electron chi connectivity index (χ4n) is 4.01. The number of hydrogen-bond acceptors (Lipinski definition) is 6. The van der Waals surface area contributed by atoms with Gasteiger partial charge in [0, 0.05) is 32.2 Å². The molecule has 4 rings (SSSR count). The van der Waals surface area contributed by atoms with Crippen LogP contribution in [0, 0.1) is 6.92 Å². The predicted molar refractivity (Wildman–Crippen MR) is 94.4 cm³/mol. The first-order chi connectivity index (χ1) is 12.5. The third-order valence-corrected chi connectivity index (χ3v) is 5.51. The van der Waals surface area contributed by atoms with Crippen LogP contribution in [0.5, 0.6) is 0 Å². The molecular formula is C18H26N6O2. The topological polar surface area (TPSA) is 80.3 Å². The first kappa shape index (κ1) is 17.2. The molecule has 0 radical (unpaired) electrons. The highest BCUT2D eigenvalue weighted by Gasteiger charge is 2.35. The van der Waals surface area contributed by atoms with Gasteiger partial charge in [-0.2, -0.15) is 5.10 Å². The molecule has 140 valence electrons. The van der Waals surface area contributed by atoms with Gasteiger partial charge in [-0.15, -0.1) is 0 Å². The van der Waals surface area contributed by atoms with E-state index < -0.39 is 0 Å². The van der Waals surface area contributed by atoms with E-state index >= 15 is 0 Å². The molecule has 1 saturated heterocycles. The lowest BCUT2D eigenvalue weighted by Gasteiger charge is -2.23. The van der Waals surface area contributed by atoms with Crippen molar-refractivity contribution in [2.45, 2.75) is 65.2 Å². The van der Waals surface area contributed by atoms with Gasteiger partial charge in [-0.25, -0.2) is 4.63 Å². The van der Waals surface area contributed by atoms with Crippen molar-refractivity contribution in [1.82, 2.24) is 29.9 Å². The Morgan fingerprint density at radius 3 is 2.81 bits per heavy atom. The van der Waals surface area contributed by atoms with Crippen molar-refractivity contribution >= 4 is 5.91 Å². The van der Waals surface area contributed by atoms with E-state index in [1.54, 1.807) is 0 Å². The summed E-state index contributed by atoms with van der Waals surface area (Å²) in [4.78, 5) is 17.4. The third kappa shape index (κ3) is 3.02. The van der Waals surface area contributed by atoms with Crippen molar-refractivity contribution in [1.29, 1.82) is 0 Å².